The Morgan fingerprint density at radius 2 is 2.14 bits per heavy atom. The Kier molecular flexibility index (Phi) is 3.69. The number of rotatable bonds is 4. The minimum atomic E-state index is -0.211. The number of carbonyl (C=O) groups excluding carboxylic acids is 1. The molecule has 0 bridgehead atoms. The van der Waals surface area contributed by atoms with E-state index in [0.717, 1.165) is 16.8 Å². The average Bonchev–Trinajstić information content (AvgIpc) is 3.14. The van der Waals surface area contributed by atoms with Crippen LogP contribution in [0.25, 0.3) is 11.6 Å². The van der Waals surface area contributed by atoms with E-state index in [0.29, 0.717) is 11.6 Å². The van der Waals surface area contributed by atoms with Crippen LogP contribution in [0.3, 0.4) is 0 Å². The number of nitrogens with one attached hydrogen (secondary N) is 1. The molecule has 0 fully saturated rings. The van der Waals surface area contributed by atoms with Gasteiger partial charge in [0.15, 0.2) is 5.76 Å². The summed E-state index contributed by atoms with van der Waals surface area (Å²) in [5.41, 5.74) is 2.95. The number of amides is 1. The van der Waals surface area contributed by atoms with Crippen LogP contribution in [0.2, 0.25) is 0 Å². The van der Waals surface area contributed by atoms with Gasteiger partial charge >= 0.3 is 0 Å². The van der Waals surface area contributed by atoms with Crippen LogP contribution >= 0.6 is 0 Å². The summed E-state index contributed by atoms with van der Waals surface area (Å²) in [4.78, 5) is 13.3. The summed E-state index contributed by atoms with van der Waals surface area (Å²) in [5, 5.41) is 14.7. The molecule has 112 valence electrons. The second-order valence-corrected chi connectivity index (χ2v) is 4.92. The van der Waals surface area contributed by atoms with Gasteiger partial charge in [0.1, 0.15) is 6.54 Å². The zero-order valence-corrected chi connectivity index (χ0v) is 12.3. The Hall–Kier alpha value is -2.96. The molecule has 0 unspecified atom stereocenters. The van der Waals surface area contributed by atoms with Crippen LogP contribution in [0.5, 0.6) is 0 Å². The van der Waals surface area contributed by atoms with E-state index in [1.807, 2.05) is 32.0 Å². The van der Waals surface area contributed by atoms with Crippen LogP contribution in [-0.2, 0) is 11.3 Å². The lowest BCUT2D eigenvalue weighted by Crippen LogP contribution is -2.21. The van der Waals surface area contributed by atoms with Gasteiger partial charge in [-0.3, -0.25) is 4.79 Å². The van der Waals surface area contributed by atoms with E-state index in [2.05, 4.69) is 20.7 Å². The highest BCUT2D eigenvalue weighted by atomic mass is 16.3. The van der Waals surface area contributed by atoms with E-state index in [1.165, 1.54) is 11.1 Å². The molecular weight excluding hydrogens is 282 g/mol. The monoisotopic (exact) mass is 297 g/mol. The van der Waals surface area contributed by atoms with Gasteiger partial charge in [0.25, 0.3) is 0 Å². The highest BCUT2D eigenvalue weighted by Gasteiger charge is 2.12. The molecule has 3 rings (SSSR count). The summed E-state index contributed by atoms with van der Waals surface area (Å²) in [6.07, 6.45) is 1.53. The maximum Gasteiger partial charge on any atom is 0.248 e. The Morgan fingerprint density at radius 1 is 1.27 bits per heavy atom. The number of anilines is 1. The number of furan rings is 1. The molecule has 3 aromatic rings. The first-order valence-corrected chi connectivity index (χ1v) is 6.81. The summed E-state index contributed by atoms with van der Waals surface area (Å²) in [6, 6.07) is 9.24. The molecule has 1 aromatic carbocycles. The van der Waals surface area contributed by atoms with Crippen molar-refractivity contribution in [3.63, 3.8) is 0 Å². The van der Waals surface area contributed by atoms with E-state index >= 15 is 0 Å². The molecule has 0 saturated heterocycles. The van der Waals surface area contributed by atoms with Gasteiger partial charge in [-0.05, 0) is 48.4 Å². The predicted molar refractivity (Wildman–Crippen MR) is 80.1 cm³/mol. The molecule has 1 N–H and O–H groups in total. The van der Waals surface area contributed by atoms with Crippen molar-refractivity contribution in [2.45, 2.75) is 20.4 Å². The molecular formula is C15H15N5O2. The lowest BCUT2D eigenvalue weighted by Gasteiger charge is -2.09. The molecule has 0 aliphatic carbocycles. The predicted octanol–water partition coefficient (Wildman–Crippen LogP) is 2.19. The standard InChI is InChI=1S/C15H15N5O2/c1-10-5-3-6-12(11(10)2)16-14(21)9-20-18-15(17-19-20)13-7-4-8-22-13/h3-8H,9H2,1-2H3,(H,16,21). The Morgan fingerprint density at radius 3 is 2.91 bits per heavy atom. The molecule has 0 aliphatic rings. The topological polar surface area (TPSA) is 85.8 Å². The molecule has 2 aromatic heterocycles. The fourth-order valence-corrected chi connectivity index (χ4v) is 2.02. The Balaban J connectivity index is 1.68. The molecule has 0 atom stereocenters. The summed E-state index contributed by atoms with van der Waals surface area (Å²) < 4.78 is 5.18. The summed E-state index contributed by atoms with van der Waals surface area (Å²) in [7, 11) is 0. The van der Waals surface area contributed by atoms with Gasteiger partial charge in [-0.25, -0.2) is 0 Å². The zero-order chi connectivity index (χ0) is 15.5. The quantitative estimate of drug-likeness (QED) is 0.797. The highest BCUT2D eigenvalue weighted by molar-refractivity contribution is 5.91. The van der Waals surface area contributed by atoms with Crippen molar-refractivity contribution < 1.29 is 9.21 Å². The van der Waals surface area contributed by atoms with Crippen LogP contribution in [0, 0.1) is 13.8 Å². The van der Waals surface area contributed by atoms with Crippen LogP contribution in [0.4, 0.5) is 5.69 Å². The van der Waals surface area contributed by atoms with E-state index in [-0.39, 0.29) is 12.5 Å². The van der Waals surface area contributed by atoms with Crippen molar-refractivity contribution in [1.29, 1.82) is 0 Å². The Bertz CT molecular complexity index is 792. The Labute approximate surface area is 126 Å². The van der Waals surface area contributed by atoms with Gasteiger partial charge in [-0.2, -0.15) is 4.80 Å². The molecule has 0 spiro atoms. The maximum absolute atomic E-state index is 12.1. The largest absolute Gasteiger partial charge is 0.461 e. The molecule has 2 heterocycles. The third-order valence-corrected chi connectivity index (χ3v) is 3.36. The molecule has 0 radical (unpaired) electrons. The van der Waals surface area contributed by atoms with Crippen LogP contribution < -0.4 is 5.32 Å². The first-order valence-electron chi connectivity index (χ1n) is 6.81. The van der Waals surface area contributed by atoms with Crippen LogP contribution in [-0.4, -0.2) is 26.1 Å². The first kappa shape index (κ1) is 14.0. The second kappa shape index (κ2) is 5.80. The average molecular weight is 297 g/mol. The fraction of sp³-hybridized carbons (Fsp3) is 0.200. The number of hydrogen-bond donors (Lipinski definition) is 1. The smallest absolute Gasteiger partial charge is 0.248 e. The number of aryl methyl sites for hydroxylation is 1. The number of nitrogens with zero attached hydrogens (tertiary/aromatic N) is 4. The van der Waals surface area contributed by atoms with Gasteiger partial charge in [0.05, 0.1) is 6.26 Å². The number of aromatic nitrogens is 4. The third kappa shape index (κ3) is 2.88. The number of tetrazole rings is 1. The van der Waals surface area contributed by atoms with E-state index in [1.54, 1.807) is 12.1 Å². The number of hydrogen-bond acceptors (Lipinski definition) is 5. The summed E-state index contributed by atoms with van der Waals surface area (Å²) >= 11 is 0. The maximum atomic E-state index is 12.1. The minimum absolute atomic E-state index is 0.0128. The lowest BCUT2D eigenvalue weighted by atomic mass is 10.1. The molecule has 22 heavy (non-hydrogen) atoms. The lowest BCUT2D eigenvalue weighted by molar-refractivity contribution is -0.117. The van der Waals surface area contributed by atoms with Gasteiger partial charge in [-0.15, -0.1) is 10.2 Å². The van der Waals surface area contributed by atoms with E-state index in [9.17, 15) is 4.79 Å². The number of carbonyl (C=O) groups is 1. The van der Waals surface area contributed by atoms with Crippen molar-refractivity contribution in [3.8, 4) is 11.6 Å². The second-order valence-electron chi connectivity index (χ2n) is 4.92. The van der Waals surface area contributed by atoms with E-state index < -0.39 is 0 Å². The summed E-state index contributed by atoms with van der Waals surface area (Å²) in [6.45, 7) is 3.95. The van der Waals surface area contributed by atoms with Crippen molar-refractivity contribution in [2.75, 3.05) is 5.32 Å². The first-order chi connectivity index (χ1) is 10.6. The molecule has 7 heteroatoms. The van der Waals surface area contributed by atoms with Crippen molar-refractivity contribution >= 4 is 11.6 Å². The van der Waals surface area contributed by atoms with Gasteiger partial charge in [0.2, 0.25) is 11.7 Å². The van der Waals surface area contributed by atoms with Crippen LogP contribution in [0.1, 0.15) is 11.1 Å². The van der Waals surface area contributed by atoms with Gasteiger partial charge in [0, 0.05) is 5.69 Å². The molecule has 7 nitrogen and oxygen atoms in total. The summed E-state index contributed by atoms with van der Waals surface area (Å²) in [5.74, 6) is 0.655. The van der Waals surface area contributed by atoms with Crippen molar-refractivity contribution in [2.24, 2.45) is 0 Å². The zero-order valence-electron chi connectivity index (χ0n) is 12.3. The molecule has 0 aliphatic heterocycles. The van der Waals surface area contributed by atoms with Crippen LogP contribution in [0.15, 0.2) is 41.0 Å². The van der Waals surface area contributed by atoms with Crippen molar-refractivity contribution in [1.82, 2.24) is 20.2 Å². The van der Waals surface area contributed by atoms with Crippen molar-refractivity contribution in [3.05, 3.63) is 47.7 Å². The van der Waals surface area contributed by atoms with Gasteiger partial charge < -0.3 is 9.73 Å². The normalized spacial score (nSPS) is 10.6. The minimum Gasteiger partial charge on any atom is -0.461 e. The SMILES string of the molecule is Cc1cccc(NC(=O)Cn2nnc(-c3ccco3)n2)c1C. The number of benzene rings is 1. The molecule has 0 saturated carbocycles. The third-order valence-electron chi connectivity index (χ3n) is 3.36. The molecule has 1 amide bonds. The highest BCUT2D eigenvalue weighted by Crippen LogP contribution is 2.18. The van der Waals surface area contributed by atoms with E-state index in [4.69, 9.17) is 4.42 Å². The van der Waals surface area contributed by atoms with Gasteiger partial charge in [-0.1, -0.05) is 12.1 Å². The fourth-order valence-electron chi connectivity index (χ4n) is 2.02.